The van der Waals surface area contributed by atoms with Gasteiger partial charge in [0, 0.05) is 46.2 Å². The molecule has 0 aliphatic heterocycles. The number of nitrogens with one attached hydrogen (secondary N) is 2. The lowest BCUT2D eigenvalue weighted by molar-refractivity contribution is -0.147. The van der Waals surface area contributed by atoms with Crippen molar-refractivity contribution in [3.63, 3.8) is 0 Å². The molecule has 0 saturated heterocycles. The number of amides is 1. The number of carbonyl (C=O) groups excluding carboxylic acids is 1. The topological polar surface area (TPSA) is 130 Å². The van der Waals surface area contributed by atoms with Gasteiger partial charge in [0.15, 0.2) is 17.2 Å². The summed E-state index contributed by atoms with van der Waals surface area (Å²) in [6.07, 6.45) is 1.05. The van der Waals surface area contributed by atoms with Crippen molar-refractivity contribution in [1.29, 1.82) is 0 Å². The second-order valence-corrected chi connectivity index (χ2v) is 11.1. The van der Waals surface area contributed by atoms with Crippen molar-refractivity contribution in [2.45, 2.75) is 44.8 Å². The predicted molar refractivity (Wildman–Crippen MR) is 156 cm³/mol. The van der Waals surface area contributed by atoms with Crippen LogP contribution in [-0.4, -0.2) is 62.6 Å². The number of ether oxygens (including phenoxy) is 3. The number of aromatic nitrogens is 6. The van der Waals surface area contributed by atoms with Crippen molar-refractivity contribution in [2.24, 2.45) is 12.5 Å². The minimum Gasteiger partial charge on any atom is -0.454 e. The molecule has 236 valence electrons. The lowest BCUT2D eigenvalue weighted by atomic mass is 9.62. The van der Waals surface area contributed by atoms with Crippen molar-refractivity contribution >= 4 is 46.3 Å². The Morgan fingerprint density at radius 1 is 1.18 bits per heavy atom. The van der Waals surface area contributed by atoms with Gasteiger partial charge in [0.05, 0.1) is 12.2 Å². The maximum absolute atomic E-state index is 14.0. The Bertz CT molecular complexity index is 1650. The van der Waals surface area contributed by atoms with E-state index in [0.717, 1.165) is 23.6 Å². The third-order valence-corrected chi connectivity index (χ3v) is 8.21. The number of hydrogen-bond acceptors (Lipinski definition) is 9. The first-order valence-corrected chi connectivity index (χ1v) is 14.2. The molecule has 16 heteroatoms. The number of halogens is 4. The maximum atomic E-state index is 14.0. The van der Waals surface area contributed by atoms with Crippen LogP contribution < -0.4 is 15.4 Å². The molecule has 12 nitrogen and oxygen atoms in total. The Hall–Kier alpha value is -3.95. The second kappa shape index (κ2) is 12.6. The number of nitrogens with zero attached hydrogens (tertiary/aromatic N) is 6. The van der Waals surface area contributed by atoms with Gasteiger partial charge in [0.25, 0.3) is 5.91 Å². The second-order valence-electron chi connectivity index (χ2n) is 10.7. The molecule has 1 fully saturated rings. The lowest BCUT2D eigenvalue weighted by Crippen LogP contribution is -2.40. The zero-order valence-corrected chi connectivity index (χ0v) is 25.3. The van der Waals surface area contributed by atoms with E-state index < -0.39 is 11.9 Å². The molecule has 0 aromatic carbocycles. The Morgan fingerprint density at radius 2 is 1.95 bits per heavy atom. The minimum absolute atomic E-state index is 0.00551. The maximum Gasteiger partial charge on any atom is 0.433 e. The first-order chi connectivity index (χ1) is 21.0. The number of fused-ring (bicyclic) bond motifs is 1. The van der Waals surface area contributed by atoms with Gasteiger partial charge in [-0.2, -0.15) is 23.3 Å². The van der Waals surface area contributed by atoms with Crippen LogP contribution in [0.1, 0.15) is 44.3 Å². The number of rotatable bonds is 12. The zero-order valence-electron chi connectivity index (χ0n) is 24.5. The van der Waals surface area contributed by atoms with Crippen LogP contribution in [0.25, 0.3) is 11.2 Å². The first-order valence-electron chi connectivity index (χ1n) is 13.8. The van der Waals surface area contributed by atoms with Crippen molar-refractivity contribution in [1.82, 2.24) is 29.3 Å². The van der Waals surface area contributed by atoms with E-state index >= 15 is 0 Å². The van der Waals surface area contributed by atoms with Gasteiger partial charge in [0.1, 0.15) is 34.4 Å². The van der Waals surface area contributed by atoms with Gasteiger partial charge in [0.2, 0.25) is 5.95 Å². The molecule has 0 bridgehead atoms. The van der Waals surface area contributed by atoms with E-state index in [9.17, 15) is 18.0 Å². The van der Waals surface area contributed by atoms with E-state index in [0.29, 0.717) is 30.7 Å². The molecular formula is C28H32ClF3N8O4. The Kier molecular flexibility index (Phi) is 9.00. The third-order valence-electron chi connectivity index (χ3n) is 7.84. The molecule has 4 aromatic rings. The summed E-state index contributed by atoms with van der Waals surface area (Å²) in [6.45, 7) is 2.47. The quantitative estimate of drug-likeness (QED) is 0.189. The van der Waals surface area contributed by atoms with Crippen LogP contribution in [0, 0.1) is 5.41 Å². The van der Waals surface area contributed by atoms with Crippen LogP contribution in [-0.2, 0) is 27.5 Å². The number of alkyl halides is 3. The number of methoxy groups -OCH3 is 2. The highest BCUT2D eigenvalue weighted by atomic mass is 35.5. The van der Waals surface area contributed by atoms with Crippen LogP contribution in [0.2, 0.25) is 5.02 Å². The lowest BCUT2D eigenvalue weighted by Gasteiger charge is -2.48. The van der Waals surface area contributed by atoms with E-state index in [1.54, 1.807) is 24.8 Å². The van der Waals surface area contributed by atoms with Gasteiger partial charge < -0.3 is 29.4 Å². The fourth-order valence-corrected chi connectivity index (χ4v) is 5.74. The van der Waals surface area contributed by atoms with E-state index in [-0.39, 0.29) is 58.0 Å². The highest BCUT2D eigenvalue weighted by Gasteiger charge is 2.47. The molecule has 0 unspecified atom stereocenters. The van der Waals surface area contributed by atoms with E-state index in [1.165, 1.54) is 25.6 Å². The predicted octanol–water partition coefficient (Wildman–Crippen LogP) is 6.12. The third kappa shape index (κ3) is 6.44. The van der Waals surface area contributed by atoms with Crippen molar-refractivity contribution in [3.8, 4) is 11.5 Å². The summed E-state index contributed by atoms with van der Waals surface area (Å²) in [6, 6.07) is 3.68. The molecule has 0 spiro atoms. The summed E-state index contributed by atoms with van der Waals surface area (Å²) in [5.41, 5.74) is -0.259. The van der Waals surface area contributed by atoms with Gasteiger partial charge in [-0.3, -0.25) is 9.48 Å². The van der Waals surface area contributed by atoms with Crippen LogP contribution in [0.15, 0.2) is 30.6 Å². The summed E-state index contributed by atoms with van der Waals surface area (Å²) in [4.78, 5) is 24.6. The zero-order chi connectivity index (χ0) is 31.6. The monoisotopic (exact) mass is 636 g/mol. The summed E-state index contributed by atoms with van der Waals surface area (Å²) in [5, 5.41) is 9.95. The van der Waals surface area contributed by atoms with Gasteiger partial charge in [-0.05, 0) is 30.7 Å². The van der Waals surface area contributed by atoms with Crippen LogP contribution in [0.5, 0.6) is 11.5 Å². The van der Waals surface area contributed by atoms with Crippen molar-refractivity contribution in [3.05, 3.63) is 41.3 Å². The molecule has 5 rings (SSSR count). The number of imidazole rings is 1. The van der Waals surface area contributed by atoms with Crippen LogP contribution in [0.3, 0.4) is 0 Å². The van der Waals surface area contributed by atoms with Gasteiger partial charge in [-0.25, -0.2) is 9.97 Å². The fraction of sp³-hybridized carbons (Fsp3) is 0.464. The van der Waals surface area contributed by atoms with Gasteiger partial charge in [-0.1, -0.05) is 24.9 Å². The van der Waals surface area contributed by atoms with Crippen LogP contribution >= 0.6 is 11.6 Å². The number of anilines is 3. The fourth-order valence-electron chi connectivity index (χ4n) is 5.44. The van der Waals surface area contributed by atoms with Crippen molar-refractivity contribution < 1.29 is 32.2 Å². The molecule has 1 saturated carbocycles. The van der Waals surface area contributed by atoms with Crippen molar-refractivity contribution in [2.75, 3.05) is 38.1 Å². The Morgan fingerprint density at radius 3 is 2.64 bits per heavy atom. The molecule has 0 atom stereocenters. The minimum atomic E-state index is -4.59. The molecule has 4 heterocycles. The smallest absolute Gasteiger partial charge is 0.433 e. The molecule has 44 heavy (non-hydrogen) atoms. The highest BCUT2D eigenvalue weighted by Crippen LogP contribution is 2.54. The number of pyridine rings is 2. The molecule has 1 aliphatic rings. The largest absolute Gasteiger partial charge is 0.454 e. The number of carbonyl (C=O) groups is 1. The van der Waals surface area contributed by atoms with E-state index in [2.05, 4.69) is 30.7 Å². The molecule has 1 aliphatic carbocycles. The van der Waals surface area contributed by atoms with Gasteiger partial charge >= 0.3 is 6.18 Å². The molecule has 4 aromatic heterocycles. The average molecular weight is 637 g/mol. The Labute approximate surface area is 255 Å². The molecule has 2 N–H and O–H groups in total. The molecular weight excluding hydrogens is 605 g/mol. The average Bonchev–Trinajstić information content (AvgIpc) is 3.52. The van der Waals surface area contributed by atoms with Crippen LogP contribution in [0.4, 0.5) is 30.8 Å². The summed E-state index contributed by atoms with van der Waals surface area (Å²) in [7, 11) is 4.66. The standard InChI is InChI=1S/C28H32ClF3N8O4/c1-5-27(7-9-42-3)12-16(13-27)40-19(28(30,31)32)11-21(38-40)36-26-37-25-24(39(26)2)23(29)18(14-34-25)44-17-6-8-33-20(10-17)35-22(41)15-43-4/h6,8,10-11,14,16H,5,7,9,12-13,15H2,1-4H3,(H,33,35,41)(H,34,36,37,38). The highest BCUT2D eigenvalue weighted by molar-refractivity contribution is 6.36. The Balaban J connectivity index is 1.37. The van der Waals surface area contributed by atoms with E-state index in [4.69, 9.17) is 25.8 Å². The number of aryl methyl sites for hydroxylation is 1. The molecule has 0 radical (unpaired) electrons. The number of hydrogen-bond donors (Lipinski definition) is 2. The first kappa shape index (κ1) is 31.5. The van der Waals surface area contributed by atoms with E-state index in [1.807, 2.05) is 6.92 Å². The SMILES string of the molecule is CCC1(CCOC)CC(n2nc(Nc3nc4ncc(Oc5ccnc(NC(=O)COC)c5)c(Cl)c4n3C)cc2C(F)(F)F)C1. The summed E-state index contributed by atoms with van der Waals surface area (Å²) >= 11 is 6.68. The van der Waals surface area contributed by atoms with Gasteiger partial charge in [-0.15, -0.1) is 0 Å². The molecule has 1 amide bonds. The summed E-state index contributed by atoms with van der Waals surface area (Å²) in [5.74, 6) is 0.561. The summed E-state index contributed by atoms with van der Waals surface area (Å²) < 4.78 is 60.7. The normalized spacial score (nSPS) is 18.3.